The van der Waals surface area contributed by atoms with Crippen LogP contribution in [0.4, 0.5) is 0 Å². The fourth-order valence-electron chi connectivity index (χ4n) is 3.49. The van der Waals surface area contributed by atoms with Gasteiger partial charge in [0.05, 0.1) is 7.11 Å². The van der Waals surface area contributed by atoms with E-state index < -0.39 is 0 Å². The van der Waals surface area contributed by atoms with Crippen LogP contribution in [0, 0.1) is 0 Å². The number of ether oxygens (including phenoxy) is 2. The zero-order chi connectivity index (χ0) is 22.8. The van der Waals surface area contributed by atoms with E-state index in [9.17, 15) is 14.4 Å². The molecule has 1 N–H and O–H groups in total. The number of nitrogens with one attached hydrogen (secondary N) is 1. The third kappa shape index (κ3) is 7.11. The minimum absolute atomic E-state index is 0.0654. The van der Waals surface area contributed by atoms with Crippen LogP contribution in [0.3, 0.4) is 0 Å². The Kier molecular flexibility index (Phi) is 8.66. The number of nitrogens with zero attached hydrogens (tertiary/aromatic N) is 1. The van der Waals surface area contributed by atoms with E-state index in [1.807, 2.05) is 17.0 Å². The van der Waals surface area contributed by atoms with Crippen molar-refractivity contribution in [2.45, 2.75) is 38.6 Å². The van der Waals surface area contributed by atoms with Crippen LogP contribution in [-0.4, -0.2) is 49.3 Å². The normalized spacial score (nSPS) is 13.3. The molecule has 1 aliphatic rings. The summed E-state index contributed by atoms with van der Waals surface area (Å²) in [6.45, 7) is 1.92. The molecular weight excluding hydrogens is 408 g/mol. The van der Waals surface area contributed by atoms with E-state index in [0.717, 1.165) is 31.5 Å². The molecule has 0 spiro atoms. The van der Waals surface area contributed by atoms with Gasteiger partial charge in [0.2, 0.25) is 5.91 Å². The number of methoxy groups -OCH3 is 1. The second kappa shape index (κ2) is 11.9. The maximum atomic E-state index is 12.5. The standard InChI is InChI=1S/C25H30N2O5/c1-31-22-10-12-23(13-11-22)32-18-21(28)9-14-24(29)26-17-19-5-7-20(8-6-19)25(30)27-15-3-2-4-16-27/h5-8,10-13H,2-4,9,14-18H2,1H3,(H,26,29). The molecule has 0 atom stereocenters. The summed E-state index contributed by atoms with van der Waals surface area (Å²) < 4.78 is 10.5. The van der Waals surface area contributed by atoms with Crippen LogP contribution in [0.25, 0.3) is 0 Å². The number of amides is 2. The Morgan fingerprint density at radius 1 is 0.875 bits per heavy atom. The first kappa shape index (κ1) is 23.3. The van der Waals surface area contributed by atoms with Gasteiger partial charge >= 0.3 is 0 Å². The topological polar surface area (TPSA) is 84.9 Å². The molecule has 170 valence electrons. The maximum absolute atomic E-state index is 12.5. The van der Waals surface area contributed by atoms with Crippen LogP contribution >= 0.6 is 0 Å². The van der Waals surface area contributed by atoms with Crippen molar-refractivity contribution in [3.8, 4) is 11.5 Å². The van der Waals surface area contributed by atoms with Gasteiger partial charge in [0.15, 0.2) is 5.78 Å². The van der Waals surface area contributed by atoms with Crippen molar-refractivity contribution in [1.29, 1.82) is 0 Å². The first-order valence-corrected chi connectivity index (χ1v) is 11.0. The number of likely N-dealkylation sites (tertiary alicyclic amines) is 1. The van der Waals surface area contributed by atoms with E-state index in [1.165, 1.54) is 6.42 Å². The molecule has 2 aromatic rings. The van der Waals surface area contributed by atoms with Crippen molar-refractivity contribution in [2.24, 2.45) is 0 Å². The number of hydrogen-bond acceptors (Lipinski definition) is 5. The van der Waals surface area contributed by atoms with Crippen molar-refractivity contribution in [3.63, 3.8) is 0 Å². The summed E-state index contributed by atoms with van der Waals surface area (Å²) >= 11 is 0. The van der Waals surface area contributed by atoms with Crippen LogP contribution in [0.15, 0.2) is 48.5 Å². The molecule has 0 unspecified atom stereocenters. The van der Waals surface area contributed by atoms with Crippen LogP contribution in [0.2, 0.25) is 0 Å². The Hall–Kier alpha value is -3.35. The molecule has 0 aromatic heterocycles. The summed E-state index contributed by atoms with van der Waals surface area (Å²) in [5.41, 5.74) is 1.58. The number of ketones is 1. The molecule has 0 saturated carbocycles. The van der Waals surface area contributed by atoms with Gasteiger partial charge in [-0.15, -0.1) is 0 Å². The lowest BCUT2D eigenvalue weighted by Crippen LogP contribution is -2.35. The predicted octanol–water partition coefficient (Wildman–Crippen LogP) is 3.37. The predicted molar refractivity (Wildman–Crippen MR) is 121 cm³/mol. The largest absolute Gasteiger partial charge is 0.497 e. The Labute approximate surface area is 188 Å². The third-order valence-corrected chi connectivity index (χ3v) is 5.42. The number of benzene rings is 2. The molecule has 1 saturated heterocycles. The summed E-state index contributed by atoms with van der Waals surface area (Å²) in [7, 11) is 1.58. The van der Waals surface area contributed by atoms with Crippen molar-refractivity contribution in [3.05, 3.63) is 59.7 Å². The van der Waals surface area contributed by atoms with Crippen molar-refractivity contribution in [2.75, 3.05) is 26.8 Å². The average molecular weight is 439 g/mol. The molecule has 0 bridgehead atoms. The molecule has 1 fully saturated rings. The monoisotopic (exact) mass is 438 g/mol. The Balaban J connectivity index is 1.35. The number of carbonyl (C=O) groups is 3. The fourth-order valence-corrected chi connectivity index (χ4v) is 3.49. The molecule has 1 heterocycles. The zero-order valence-electron chi connectivity index (χ0n) is 18.5. The first-order valence-electron chi connectivity index (χ1n) is 11.0. The molecule has 0 aliphatic carbocycles. The van der Waals surface area contributed by atoms with Gasteiger partial charge in [0.1, 0.15) is 18.1 Å². The van der Waals surface area contributed by atoms with Gasteiger partial charge in [-0.1, -0.05) is 12.1 Å². The lowest BCUT2D eigenvalue weighted by atomic mass is 10.1. The van der Waals surface area contributed by atoms with E-state index in [4.69, 9.17) is 9.47 Å². The Morgan fingerprint density at radius 2 is 1.53 bits per heavy atom. The highest BCUT2D eigenvalue weighted by Crippen LogP contribution is 2.17. The van der Waals surface area contributed by atoms with Crippen molar-refractivity contribution >= 4 is 17.6 Å². The highest BCUT2D eigenvalue weighted by molar-refractivity contribution is 5.94. The van der Waals surface area contributed by atoms with Crippen LogP contribution in [0.1, 0.15) is 48.0 Å². The van der Waals surface area contributed by atoms with E-state index in [0.29, 0.717) is 23.6 Å². The van der Waals surface area contributed by atoms with Crippen LogP contribution in [-0.2, 0) is 16.1 Å². The quantitative estimate of drug-likeness (QED) is 0.615. The summed E-state index contributed by atoms with van der Waals surface area (Å²) in [6.07, 6.45) is 3.53. The number of carbonyl (C=O) groups excluding carboxylic acids is 3. The fraction of sp³-hybridized carbons (Fsp3) is 0.400. The molecule has 3 rings (SSSR count). The lowest BCUT2D eigenvalue weighted by Gasteiger charge is -2.26. The minimum atomic E-state index is -0.198. The highest BCUT2D eigenvalue weighted by atomic mass is 16.5. The second-order valence-electron chi connectivity index (χ2n) is 7.83. The van der Waals surface area contributed by atoms with Gasteiger partial charge in [0.25, 0.3) is 5.91 Å². The second-order valence-corrected chi connectivity index (χ2v) is 7.83. The van der Waals surface area contributed by atoms with Gasteiger partial charge in [-0.25, -0.2) is 0 Å². The van der Waals surface area contributed by atoms with Gasteiger partial charge in [0, 0.05) is 38.0 Å². The smallest absolute Gasteiger partial charge is 0.253 e. The SMILES string of the molecule is COc1ccc(OCC(=O)CCC(=O)NCc2ccc(C(=O)N3CCCCC3)cc2)cc1. The molecule has 2 aromatic carbocycles. The third-order valence-electron chi connectivity index (χ3n) is 5.42. The summed E-state index contributed by atoms with van der Waals surface area (Å²) in [5, 5.41) is 2.81. The molecule has 1 aliphatic heterocycles. The minimum Gasteiger partial charge on any atom is -0.497 e. The van der Waals surface area contributed by atoms with Crippen molar-refractivity contribution in [1.82, 2.24) is 10.2 Å². The number of hydrogen-bond donors (Lipinski definition) is 1. The Morgan fingerprint density at radius 3 is 2.19 bits per heavy atom. The average Bonchev–Trinajstić information content (AvgIpc) is 2.85. The molecule has 32 heavy (non-hydrogen) atoms. The van der Waals surface area contributed by atoms with E-state index in [2.05, 4.69) is 5.32 Å². The van der Waals surface area contributed by atoms with Crippen LogP contribution in [0.5, 0.6) is 11.5 Å². The van der Waals surface area contributed by atoms with Gasteiger partial charge in [-0.2, -0.15) is 0 Å². The number of Topliss-reactive ketones (excluding diaryl/α,β-unsaturated/α-hetero) is 1. The summed E-state index contributed by atoms with van der Waals surface area (Å²) in [6, 6.07) is 14.3. The molecule has 7 nitrogen and oxygen atoms in total. The molecule has 2 amide bonds. The summed E-state index contributed by atoms with van der Waals surface area (Å²) in [4.78, 5) is 38.5. The van der Waals surface area contributed by atoms with E-state index >= 15 is 0 Å². The van der Waals surface area contributed by atoms with Gasteiger partial charge in [-0.05, 0) is 61.2 Å². The lowest BCUT2D eigenvalue weighted by molar-refractivity contribution is -0.126. The Bertz CT molecular complexity index is 903. The molecular formula is C25H30N2O5. The van der Waals surface area contributed by atoms with Gasteiger partial charge in [-0.3, -0.25) is 14.4 Å². The van der Waals surface area contributed by atoms with Crippen LogP contribution < -0.4 is 14.8 Å². The maximum Gasteiger partial charge on any atom is 0.253 e. The van der Waals surface area contributed by atoms with Gasteiger partial charge < -0.3 is 19.7 Å². The zero-order valence-corrected chi connectivity index (χ0v) is 18.5. The first-order chi connectivity index (χ1) is 15.5. The van der Waals surface area contributed by atoms with Crippen molar-refractivity contribution < 1.29 is 23.9 Å². The number of piperidine rings is 1. The van der Waals surface area contributed by atoms with E-state index in [1.54, 1.807) is 43.5 Å². The van der Waals surface area contributed by atoms with E-state index in [-0.39, 0.29) is 37.0 Å². The summed E-state index contributed by atoms with van der Waals surface area (Å²) in [5.74, 6) is 1.01. The molecule has 0 radical (unpaired) electrons. The molecule has 7 heteroatoms. The number of rotatable bonds is 10. The highest BCUT2D eigenvalue weighted by Gasteiger charge is 2.17.